The zero-order chi connectivity index (χ0) is 13.7. The molecule has 0 bridgehead atoms. The number of carbonyl (C=O) groups excluding carboxylic acids is 1. The van der Waals surface area contributed by atoms with Crippen LogP contribution in [-0.4, -0.2) is 11.7 Å². The van der Waals surface area contributed by atoms with Crippen molar-refractivity contribution < 1.29 is 4.79 Å². The Morgan fingerprint density at radius 3 is 2.74 bits per heavy atom. The topological polar surface area (TPSA) is 29.1 Å². The van der Waals surface area contributed by atoms with E-state index in [-0.39, 0.29) is 5.91 Å². The summed E-state index contributed by atoms with van der Waals surface area (Å²) in [5.74, 6) is 0.820. The van der Waals surface area contributed by atoms with Crippen molar-refractivity contribution in [1.82, 2.24) is 0 Å². The Bertz CT molecular complexity index is 586. The van der Waals surface area contributed by atoms with Crippen molar-refractivity contribution in [3.63, 3.8) is 0 Å². The van der Waals surface area contributed by atoms with Crippen LogP contribution in [0.3, 0.4) is 0 Å². The number of thioether (sulfide) groups is 1. The Kier molecular flexibility index (Phi) is 4.88. The van der Waals surface area contributed by atoms with Gasteiger partial charge in [0.2, 0.25) is 0 Å². The lowest BCUT2D eigenvalue weighted by Gasteiger charge is -2.09. The molecule has 0 aliphatic rings. The summed E-state index contributed by atoms with van der Waals surface area (Å²) in [5.41, 5.74) is 1.39. The average molecular weight is 292 g/mol. The first-order valence-corrected chi connectivity index (χ1v) is 7.36. The molecule has 2 aromatic carbocycles. The molecule has 0 aliphatic heterocycles. The van der Waals surface area contributed by atoms with Gasteiger partial charge >= 0.3 is 0 Å². The minimum Gasteiger partial charge on any atom is -0.322 e. The molecule has 0 unspecified atom stereocenters. The van der Waals surface area contributed by atoms with Crippen molar-refractivity contribution >= 4 is 35.0 Å². The van der Waals surface area contributed by atoms with Crippen molar-refractivity contribution in [3.05, 3.63) is 59.1 Å². The summed E-state index contributed by atoms with van der Waals surface area (Å²) in [4.78, 5) is 13.2. The lowest BCUT2D eigenvalue weighted by molar-refractivity contribution is 0.102. The van der Waals surface area contributed by atoms with Gasteiger partial charge in [-0.3, -0.25) is 4.79 Å². The van der Waals surface area contributed by atoms with E-state index in [0.29, 0.717) is 16.3 Å². The minimum absolute atomic E-state index is 0.112. The van der Waals surface area contributed by atoms with Crippen molar-refractivity contribution in [3.8, 4) is 0 Å². The molecule has 0 aromatic heterocycles. The predicted molar refractivity (Wildman–Crippen MR) is 82.2 cm³/mol. The highest BCUT2D eigenvalue weighted by Crippen LogP contribution is 2.23. The van der Waals surface area contributed by atoms with Crippen LogP contribution in [0.2, 0.25) is 5.02 Å². The highest BCUT2D eigenvalue weighted by atomic mass is 35.5. The van der Waals surface area contributed by atoms with Crippen LogP contribution >= 0.6 is 23.4 Å². The Hall–Kier alpha value is -1.45. The van der Waals surface area contributed by atoms with E-state index in [4.69, 9.17) is 11.6 Å². The highest BCUT2D eigenvalue weighted by molar-refractivity contribution is 7.99. The summed E-state index contributed by atoms with van der Waals surface area (Å²) < 4.78 is 0. The minimum atomic E-state index is -0.112. The van der Waals surface area contributed by atoms with Crippen LogP contribution in [0.25, 0.3) is 0 Å². The van der Waals surface area contributed by atoms with Gasteiger partial charge in [-0.15, -0.1) is 11.8 Å². The normalized spacial score (nSPS) is 10.2. The number of hydrogen-bond acceptors (Lipinski definition) is 2. The second-order valence-electron chi connectivity index (χ2n) is 3.89. The first-order valence-electron chi connectivity index (χ1n) is 5.99. The number of nitrogens with one attached hydrogen (secondary N) is 1. The van der Waals surface area contributed by atoms with E-state index in [1.54, 1.807) is 23.9 Å². The van der Waals surface area contributed by atoms with Crippen LogP contribution in [0.5, 0.6) is 0 Å². The Morgan fingerprint density at radius 1 is 1.21 bits per heavy atom. The fraction of sp³-hybridized carbons (Fsp3) is 0.133. The molecule has 0 saturated heterocycles. The van der Waals surface area contributed by atoms with Gasteiger partial charge in [0.1, 0.15) is 0 Å². The van der Waals surface area contributed by atoms with Gasteiger partial charge in [-0.25, -0.2) is 0 Å². The van der Waals surface area contributed by atoms with Gasteiger partial charge in [0, 0.05) is 15.6 Å². The summed E-state index contributed by atoms with van der Waals surface area (Å²) in [6, 6.07) is 14.7. The van der Waals surface area contributed by atoms with Gasteiger partial charge < -0.3 is 5.32 Å². The van der Waals surface area contributed by atoms with Gasteiger partial charge in [-0.2, -0.15) is 0 Å². The number of hydrogen-bond donors (Lipinski definition) is 1. The highest BCUT2D eigenvalue weighted by Gasteiger charge is 2.11. The quantitative estimate of drug-likeness (QED) is 0.827. The lowest BCUT2D eigenvalue weighted by Crippen LogP contribution is -2.12. The number of amides is 1. The molecular formula is C15H14ClNOS. The lowest BCUT2D eigenvalue weighted by atomic mass is 10.2. The van der Waals surface area contributed by atoms with E-state index >= 15 is 0 Å². The smallest absolute Gasteiger partial charge is 0.256 e. The summed E-state index contributed by atoms with van der Waals surface area (Å²) in [7, 11) is 0. The van der Waals surface area contributed by atoms with Crippen molar-refractivity contribution in [2.75, 3.05) is 11.1 Å². The molecule has 98 valence electrons. The molecule has 2 nitrogen and oxygen atoms in total. The molecule has 0 atom stereocenters. The molecule has 1 N–H and O–H groups in total. The van der Waals surface area contributed by atoms with Crippen LogP contribution in [0.15, 0.2) is 53.4 Å². The standard InChI is InChI=1S/C15H14ClNOS/c1-2-19-14-9-4-3-8-13(14)15(18)17-12-7-5-6-11(16)10-12/h3-10H,2H2,1H3,(H,17,18). The van der Waals surface area contributed by atoms with Crippen LogP contribution in [0.1, 0.15) is 17.3 Å². The van der Waals surface area contributed by atoms with E-state index in [1.165, 1.54) is 0 Å². The monoisotopic (exact) mass is 291 g/mol. The molecule has 4 heteroatoms. The second kappa shape index (κ2) is 6.64. The average Bonchev–Trinajstić information content (AvgIpc) is 2.39. The van der Waals surface area contributed by atoms with Crippen molar-refractivity contribution in [2.24, 2.45) is 0 Å². The maximum absolute atomic E-state index is 12.3. The molecule has 1 amide bonds. The Balaban J connectivity index is 2.20. The van der Waals surface area contributed by atoms with Gasteiger partial charge in [0.15, 0.2) is 0 Å². The fourth-order valence-corrected chi connectivity index (χ4v) is 2.69. The summed E-state index contributed by atoms with van der Waals surface area (Å²) in [5, 5.41) is 3.47. The molecule has 0 radical (unpaired) electrons. The Labute approximate surface area is 122 Å². The third-order valence-corrected chi connectivity index (χ3v) is 3.70. The van der Waals surface area contributed by atoms with E-state index in [0.717, 1.165) is 10.6 Å². The number of benzene rings is 2. The number of rotatable bonds is 4. The molecule has 0 fully saturated rings. The zero-order valence-corrected chi connectivity index (χ0v) is 12.1. The van der Waals surface area contributed by atoms with Crippen LogP contribution in [-0.2, 0) is 0 Å². The molecule has 0 spiro atoms. The van der Waals surface area contributed by atoms with Crippen molar-refractivity contribution in [1.29, 1.82) is 0 Å². The van der Waals surface area contributed by atoms with Gasteiger partial charge in [-0.05, 0) is 36.1 Å². The summed E-state index contributed by atoms with van der Waals surface area (Å²) in [6.07, 6.45) is 0. The first-order chi connectivity index (χ1) is 9.20. The van der Waals surface area contributed by atoms with Crippen LogP contribution in [0, 0.1) is 0 Å². The van der Waals surface area contributed by atoms with Crippen LogP contribution in [0.4, 0.5) is 5.69 Å². The van der Waals surface area contributed by atoms with Gasteiger partial charge in [0.25, 0.3) is 5.91 Å². The second-order valence-corrected chi connectivity index (χ2v) is 5.64. The molecular weight excluding hydrogens is 278 g/mol. The third kappa shape index (κ3) is 3.75. The molecule has 2 rings (SSSR count). The number of halogens is 1. The number of carbonyl (C=O) groups is 1. The Morgan fingerprint density at radius 2 is 2.00 bits per heavy atom. The summed E-state index contributed by atoms with van der Waals surface area (Å²) >= 11 is 7.56. The van der Waals surface area contributed by atoms with Gasteiger partial charge in [0.05, 0.1) is 5.56 Å². The zero-order valence-electron chi connectivity index (χ0n) is 10.5. The van der Waals surface area contributed by atoms with E-state index in [9.17, 15) is 4.79 Å². The maximum atomic E-state index is 12.3. The van der Waals surface area contributed by atoms with Gasteiger partial charge in [-0.1, -0.05) is 36.7 Å². The van der Waals surface area contributed by atoms with E-state index in [1.807, 2.05) is 36.4 Å². The largest absolute Gasteiger partial charge is 0.322 e. The molecule has 19 heavy (non-hydrogen) atoms. The molecule has 0 saturated carbocycles. The van der Waals surface area contributed by atoms with Crippen molar-refractivity contribution in [2.45, 2.75) is 11.8 Å². The maximum Gasteiger partial charge on any atom is 0.256 e. The third-order valence-electron chi connectivity index (χ3n) is 2.51. The fourth-order valence-electron chi connectivity index (χ4n) is 1.70. The molecule has 0 aliphatic carbocycles. The number of anilines is 1. The molecule has 0 heterocycles. The predicted octanol–water partition coefficient (Wildman–Crippen LogP) is 4.70. The SMILES string of the molecule is CCSc1ccccc1C(=O)Nc1cccc(Cl)c1. The first kappa shape index (κ1) is 14.0. The molecule has 2 aromatic rings. The summed E-state index contributed by atoms with van der Waals surface area (Å²) in [6.45, 7) is 2.07. The van der Waals surface area contributed by atoms with E-state index in [2.05, 4.69) is 12.2 Å². The van der Waals surface area contributed by atoms with E-state index < -0.39 is 0 Å². The van der Waals surface area contributed by atoms with Crippen LogP contribution < -0.4 is 5.32 Å².